The summed E-state index contributed by atoms with van der Waals surface area (Å²) in [5, 5.41) is 16.0. The van der Waals surface area contributed by atoms with Crippen molar-refractivity contribution in [3.05, 3.63) is 60.3 Å². The lowest BCUT2D eigenvalue weighted by molar-refractivity contribution is -0.141. The van der Waals surface area contributed by atoms with Crippen molar-refractivity contribution in [2.75, 3.05) is 0 Å². The molecule has 0 spiro atoms. The molecule has 9 heteroatoms. The summed E-state index contributed by atoms with van der Waals surface area (Å²) < 4.78 is 39.6. The van der Waals surface area contributed by atoms with E-state index in [2.05, 4.69) is 27.0 Å². The van der Waals surface area contributed by atoms with E-state index in [-0.39, 0.29) is 0 Å². The summed E-state index contributed by atoms with van der Waals surface area (Å²) in [5.41, 5.74) is 0.929. The molecule has 0 atom stereocenters. The Hall–Kier alpha value is -2.68. The summed E-state index contributed by atoms with van der Waals surface area (Å²) in [6.07, 6.45) is -2.81. The van der Waals surface area contributed by atoms with E-state index in [1.54, 1.807) is 6.08 Å². The van der Waals surface area contributed by atoms with Crippen molar-refractivity contribution in [3.63, 3.8) is 0 Å². The summed E-state index contributed by atoms with van der Waals surface area (Å²) >= 11 is 1.10. The Labute approximate surface area is 152 Å². The number of allylic oxidation sites excluding steroid dienone is 1. The van der Waals surface area contributed by atoms with Crippen LogP contribution in [0.2, 0.25) is 0 Å². The fraction of sp³-hybridized carbons (Fsp3) is 0.176. The van der Waals surface area contributed by atoms with Crippen molar-refractivity contribution in [1.82, 2.24) is 25.0 Å². The summed E-state index contributed by atoms with van der Waals surface area (Å²) in [5.74, 6) is 0.658. The van der Waals surface area contributed by atoms with Crippen molar-refractivity contribution < 1.29 is 13.2 Å². The van der Waals surface area contributed by atoms with Crippen LogP contribution in [-0.4, -0.2) is 25.0 Å². The normalized spacial score (nSPS) is 11.5. The van der Waals surface area contributed by atoms with Crippen LogP contribution in [0.4, 0.5) is 13.2 Å². The molecular formula is C17H14F3N5S. The van der Waals surface area contributed by atoms with Crippen molar-refractivity contribution in [3.8, 4) is 11.4 Å². The van der Waals surface area contributed by atoms with Gasteiger partial charge in [-0.05, 0) is 36.4 Å². The number of rotatable bonds is 5. The standard InChI is InChI=1S/C17H14F3N5S/c1-3-10-25-15(12-7-5-4-6-11(12)2)23-24-16(25)26-14-9-8-13(21-22-14)17(18,19)20/h3-9H,1,10H2,2H3. The van der Waals surface area contributed by atoms with Crippen molar-refractivity contribution in [2.24, 2.45) is 0 Å². The molecule has 0 fully saturated rings. The van der Waals surface area contributed by atoms with Gasteiger partial charge in [-0.25, -0.2) is 0 Å². The van der Waals surface area contributed by atoms with Crippen LogP contribution in [0, 0.1) is 6.92 Å². The lowest BCUT2D eigenvalue weighted by atomic mass is 10.1. The molecule has 0 bridgehead atoms. The average Bonchev–Trinajstić information content (AvgIpc) is 2.98. The van der Waals surface area contributed by atoms with E-state index in [4.69, 9.17) is 0 Å². The molecular weight excluding hydrogens is 363 g/mol. The van der Waals surface area contributed by atoms with Gasteiger partial charge in [0, 0.05) is 12.1 Å². The lowest BCUT2D eigenvalue weighted by Gasteiger charge is -2.09. The number of aryl methyl sites for hydroxylation is 1. The van der Waals surface area contributed by atoms with Crippen LogP contribution < -0.4 is 0 Å². The zero-order valence-corrected chi connectivity index (χ0v) is 14.6. The van der Waals surface area contributed by atoms with Crippen LogP contribution in [0.25, 0.3) is 11.4 Å². The van der Waals surface area contributed by atoms with E-state index >= 15 is 0 Å². The van der Waals surface area contributed by atoms with E-state index in [0.29, 0.717) is 22.6 Å². The second kappa shape index (κ2) is 7.28. The quantitative estimate of drug-likeness (QED) is 0.617. The highest BCUT2D eigenvalue weighted by atomic mass is 32.2. The van der Waals surface area contributed by atoms with E-state index in [0.717, 1.165) is 29.0 Å². The van der Waals surface area contributed by atoms with Gasteiger partial charge in [0.2, 0.25) is 0 Å². The number of alkyl halides is 3. The molecule has 1 aromatic carbocycles. The Morgan fingerprint density at radius 2 is 1.85 bits per heavy atom. The molecule has 0 radical (unpaired) electrons. The molecule has 0 amide bonds. The number of aromatic nitrogens is 5. The van der Waals surface area contributed by atoms with Crippen LogP contribution in [0.15, 0.2) is 59.2 Å². The molecule has 0 saturated heterocycles. The first-order chi connectivity index (χ1) is 12.4. The third-order valence-electron chi connectivity index (χ3n) is 3.54. The minimum absolute atomic E-state index is 0.298. The maximum Gasteiger partial charge on any atom is 0.435 e. The maximum atomic E-state index is 12.6. The van der Waals surface area contributed by atoms with Gasteiger partial charge in [-0.15, -0.1) is 27.0 Å². The maximum absolute atomic E-state index is 12.6. The molecule has 3 rings (SSSR count). The fourth-order valence-corrected chi connectivity index (χ4v) is 3.06. The molecule has 134 valence electrons. The monoisotopic (exact) mass is 377 g/mol. The Morgan fingerprint density at radius 3 is 2.46 bits per heavy atom. The molecule has 0 unspecified atom stereocenters. The Balaban J connectivity index is 1.94. The Kier molecular flexibility index (Phi) is 5.08. The van der Waals surface area contributed by atoms with Gasteiger partial charge in [0.25, 0.3) is 0 Å². The SMILES string of the molecule is C=CCn1c(Sc2ccc(C(F)(F)F)nn2)nnc1-c1ccccc1C. The van der Waals surface area contributed by atoms with Gasteiger partial charge in [0.15, 0.2) is 16.7 Å². The molecule has 0 aliphatic rings. The van der Waals surface area contributed by atoms with Crippen LogP contribution in [0.5, 0.6) is 0 Å². The summed E-state index contributed by atoms with van der Waals surface area (Å²) in [6, 6.07) is 9.90. The second-order valence-corrected chi connectivity index (χ2v) is 6.36. The van der Waals surface area contributed by atoms with Crippen LogP contribution in [-0.2, 0) is 12.7 Å². The molecule has 0 saturated carbocycles. The molecule has 3 aromatic rings. The predicted octanol–water partition coefficient (Wildman–Crippen LogP) is 4.40. The first-order valence-electron chi connectivity index (χ1n) is 7.59. The number of hydrogen-bond donors (Lipinski definition) is 0. The molecule has 0 N–H and O–H groups in total. The van der Waals surface area contributed by atoms with Gasteiger partial charge in [0.05, 0.1) is 0 Å². The minimum Gasteiger partial charge on any atom is -0.298 e. The zero-order chi connectivity index (χ0) is 18.7. The smallest absolute Gasteiger partial charge is 0.298 e. The van der Waals surface area contributed by atoms with Gasteiger partial charge < -0.3 is 0 Å². The van der Waals surface area contributed by atoms with E-state index < -0.39 is 11.9 Å². The Bertz CT molecular complexity index is 919. The molecule has 0 aliphatic carbocycles. The highest BCUT2D eigenvalue weighted by molar-refractivity contribution is 7.99. The molecule has 0 aliphatic heterocycles. The number of benzene rings is 1. The third kappa shape index (κ3) is 3.77. The van der Waals surface area contributed by atoms with Crippen LogP contribution >= 0.6 is 11.8 Å². The highest BCUT2D eigenvalue weighted by Crippen LogP contribution is 2.31. The first-order valence-corrected chi connectivity index (χ1v) is 8.40. The number of nitrogens with zero attached hydrogens (tertiary/aromatic N) is 5. The highest BCUT2D eigenvalue weighted by Gasteiger charge is 2.33. The van der Waals surface area contributed by atoms with Gasteiger partial charge in [-0.3, -0.25) is 4.57 Å². The van der Waals surface area contributed by atoms with Crippen molar-refractivity contribution in [2.45, 2.75) is 29.8 Å². The van der Waals surface area contributed by atoms with Crippen LogP contribution in [0.1, 0.15) is 11.3 Å². The first kappa shape index (κ1) is 18.1. The topological polar surface area (TPSA) is 56.5 Å². The van der Waals surface area contributed by atoms with E-state index in [1.165, 1.54) is 6.07 Å². The minimum atomic E-state index is -4.52. The summed E-state index contributed by atoms with van der Waals surface area (Å²) in [4.78, 5) is 0. The van der Waals surface area contributed by atoms with E-state index in [1.807, 2.05) is 35.8 Å². The van der Waals surface area contributed by atoms with Crippen molar-refractivity contribution in [1.29, 1.82) is 0 Å². The largest absolute Gasteiger partial charge is 0.435 e. The van der Waals surface area contributed by atoms with E-state index in [9.17, 15) is 13.2 Å². The number of halogens is 3. The lowest BCUT2D eigenvalue weighted by Crippen LogP contribution is -2.09. The van der Waals surface area contributed by atoms with Crippen LogP contribution in [0.3, 0.4) is 0 Å². The third-order valence-corrected chi connectivity index (χ3v) is 4.45. The molecule has 2 aromatic heterocycles. The van der Waals surface area contributed by atoms with Gasteiger partial charge in [0.1, 0.15) is 5.03 Å². The summed E-state index contributed by atoms with van der Waals surface area (Å²) in [7, 11) is 0. The second-order valence-electron chi connectivity index (χ2n) is 5.38. The number of hydrogen-bond acceptors (Lipinski definition) is 5. The van der Waals surface area contributed by atoms with Crippen molar-refractivity contribution >= 4 is 11.8 Å². The van der Waals surface area contributed by atoms with Gasteiger partial charge in [-0.1, -0.05) is 30.3 Å². The fourth-order valence-electron chi connectivity index (χ4n) is 2.30. The molecule has 2 heterocycles. The molecule has 5 nitrogen and oxygen atoms in total. The average molecular weight is 377 g/mol. The summed E-state index contributed by atoms with van der Waals surface area (Å²) in [6.45, 7) is 6.16. The van der Waals surface area contributed by atoms with Gasteiger partial charge in [-0.2, -0.15) is 13.2 Å². The van der Waals surface area contributed by atoms with Gasteiger partial charge >= 0.3 is 6.18 Å². The zero-order valence-electron chi connectivity index (χ0n) is 13.7. The molecule has 26 heavy (non-hydrogen) atoms. The Morgan fingerprint density at radius 1 is 1.08 bits per heavy atom. The predicted molar refractivity (Wildman–Crippen MR) is 91.5 cm³/mol.